The predicted molar refractivity (Wildman–Crippen MR) is 107 cm³/mol. The van der Waals surface area contributed by atoms with E-state index in [4.69, 9.17) is 0 Å². The molecule has 134 valence electrons. The Hall–Kier alpha value is -2.11. The molecule has 0 amide bonds. The molecule has 0 atom stereocenters. The summed E-state index contributed by atoms with van der Waals surface area (Å²) in [7, 11) is 0. The third-order valence-electron chi connectivity index (χ3n) is 5.80. The van der Waals surface area contributed by atoms with Crippen molar-refractivity contribution in [2.75, 3.05) is 24.5 Å². The van der Waals surface area contributed by atoms with Crippen molar-refractivity contribution in [1.29, 1.82) is 0 Å². The van der Waals surface area contributed by atoms with E-state index in [-0.39, 0.29) is 0 Å². The molecule has 0 spiro atoms. The molecular weight excluding hydrogens is 340 g/mol. The first-order valence-electron chi connectivity index (χ1n) is 9.51. The van der Waals surface area contributed by atoms with Crippen molar-refractivity contribution in [2.24, 2.45) is 0 Å². The number of hydrogen-bond acceptors (Lipinski definition) is 4. The SMILES string of the molecule is c1cnn(-c2ccc(N3CCC(N4CCc5sccc5C4)CC3)cc2)c1. The summed E-state index contributed by atoms with van der Waals surface area (Å²) >= 11 is 1.93. The first kappa shape index (κ1) is 16.1. The summed E-state index contributed by atoms with van der Waals surface area (Å²) < 4.78 is 1.91. The highest BCUT2D eigenvalue weighted by Gasteiger charge is 2.27. The van der Waals surface area contributed by atoms with Gasteiger partial charge in [-0.3, -0.25) is 4.90 Å². The minimum absolute atomic E-state index is 0.739. The third-order valence-corrected chi connectivity index (χ3v) is 6.82. The molecule has 2 aliphatic heterocycles. The molecule has 0 radical (unpaired) electrons. The summed E-state index contributed by atoms with van der Waals surface area (Å²) in [5.74, 6) is 0. The van der Waals surface area contributed by atoms with Crippen molar-refractivity contribution in [1.82, 2.24) is 14.7 Å². The van der Waals surface area contributed by atoms with E-state index >= 15 is 0 Å². The largest absolute Gasteiger partial charge is 0.371 e. The fraction of sp³-hybridized carbons (Fsp3) is 0.381. The number of thiophene rings is 1. The van der Waals surface area contributed by atoms with Gasteiger partial charge < -0.3 is 4.90 Å². The van der Waals surface area contributed by atoms with Gasteiger partial charge in [-0.25, -0.2) is 4.68 Å². The Bertz CT molecular complexity index is 845. The number of aromatic nitrogens is 2. The van der Waals surface area contributed by atoms with Crippen molar-refractivity contribution in [2.45, 2.75) is 31.8 Å². The van der Waals surface area contributed by atoms with E-state index in [1.54, 1.807) is 10.4 Å². The van der Waals surface area contributed by atoms with E-state index in [0.29, 0.717) is 0 Å². The summed E-state index contributed by atoms with van der Waals surface area (Å²) in [5.41, 5.74) is 4.02. The predicted octanol–water partition coefficient (Wildman–Crippen LogP) is 3.96. The highest BCUT2D eigenvalue weighted by Crippen LogP contribution is 2.29. The lowest BCUT2D eigenvalue weighted by atomic mass is 9.99. The quantitative estimate of drug-likeness (QED) is 0.703. The topological polar surface area (TPSA) is 24.3 Å². The van der Waals surface area contributed by atoms with Gasteiger partial charge in [0.1, 0.15) is 0 Å². The maximum absolute atomic E-state index is 4.30. The summed E-state index contributed by atoms with van der Waals surface area (Å²) in [6, 6.07) is 13.8. The van der Waals surface area contributed by atoms with Crippen LogP contribution >= 0.6 is 11.3 Å². The number of piperidine rings is 1. The average molecular weight is 365 g/mol. The summed E-state index contributed by atoms with van der Waals surface area (Å²) in [4.78, 5) is 6.85. The summed E-state index contributed by atoms with van der Waals surface area (Å²) in [6.45, 7) is 4.69. The lowest BCUT2D eigenvalue weighted by Gasteiger charge is -2.41. The molecule has 2 aliphatic rings. The molecule has 1 aromatic carbocycles. The number of hydrogen-bond donors (Lipinski definition) is 0. The highest BCUT2D eigenvalue weighted by molar-refractivity contribution is 7.10. The Morgan fingerprint density at radius 2 is 1.77 bits per heavy atom. The molecule has 3 aromatic rings. The second kappa shape index (κ2) is 6.89. The molecule has 0 bridgehead atoms. The average Bonchev–Trinajstić information content (AvgIpc) is 3.39. The fourth-order valence-electron chi connectivity index (χ4n) is 4.31. The van der Waals surface area contributed by atoms with Gasteiger partial charge in [0.2, 0.25) is 0 Å². The third kappa shape index (κ3) is 3.06. The molecule has 0 saturated carbocycles. The Balaban J connectivity index is 1.21. The van der Waals surface area contributed by atoms with Crippen LogP contribution in [0.15, 0.2) is 54.2 Å². The molecule has 26 heavy (non-hydrogen) atoms. The number of fused-ring (bicyclic) bond motifs is 1. The number of nitrogens with zero attached hydrogens (tertiary/aromatic N) is 4. The van der Waals surface area contributed by atoms with Gasteiger partial charge in [-0.2, -0.15) is 5.10 Å². The van der Waals surface area contributed by atoms with E-state index in [1.807, 2.05) is 34.5 Å². The van der Waals surface area contributed by atoms with Crippen molar-refractivity contribution < 1.29 is 0 Å². The Labute approximate surface area is 158 Å². The lowest BCUT2D eigenvalue weighted by molar-refractivity contribution is 0.154. The maximum Gasteiger partial charge on any atom is 0.0647 e. The van der Waals surface area contributed by atoms with Crippen molar-refractivity contribution in [3.05, 3.63) is 64.6 Å². The van der Waals surface area contributed by atoms with Gasteiger partial charge in [0.15, 0.2) is 0 Å². The minimum atomic E-state index is 0.739. The van der Waals surface area contributed by atoms with Crippen LogP contribution in [0, 0.1) is 0 Å². The monoisotopic (exact) mass is 364 g/mol. The Kier molecular flexibility index (Phi) is 4.27. The number of rotatable bonds is 3. The van der Waals surface area contributed by atoms with Crippen LogP contribution in [-0.2, 0) is 13.0 Å². The minimum Gasteiger partial charge on any atom is -0.371 e. The first-order valence-corrected chi connectivity index (χ1v) is 10.4. The summed E-state index contributed by atoms with van der Waals surface area (Å²) in [5, 5.41) is 6.55. The van der Waals surface area contributed by atoms with Gasteiger partial charge in [0, 0.05) is 55.2 Å². The van der Waals surface area contributed by atoms with Crippen LogP contribution < -0.4 is 4.90 Å². The molecule has 2 aromatic heterocycles. The fourth-order valence-corrected chi connectivity index (χ4v) is 5.20. The zero-order valence-electron chi connectivity index (χ0n) is 14.9. The van der Waals surface area contributed by atoms with Crippen LogP contribution in [-0.4, -0.2) is 40.4 Å². The molecule has 1 saturated heterocycles. The van der Waals surface area contributed by atoms with Crippen LogP contribution in [0.5, 0.6) is 0 Å². The van der Waals surface area contributed by atoms with E-state index in [1.165, 1.54) is 31.5 Å². The van der Waals surface area contributed by atoms with E-state index in [9.17, 15) is 0 Å². The Morgan fingerprint density at radius 3 is 2.54 bits per heavy atom. The lowest BCUT2D eigenvalue weighted by Crippen LogP contribution is -2.46. The van der Waals surface area contributed by atoms with Crippen LogP contribution in [0.4, 0.5) is 5.69 Å². The van der Waals surface area contributed by atoms with Crippen molar-refractivity contribution in [3.8, 4) is 5.69 Å². The van der Waals surface area contributed by atoms with Gasteiger partial charge in [0.25, 0.3) is 0 Å². The van der Waals surface area contributed by atoms with Crippen LogP contribution in [0.25, 0.3) is 5.69 Å². The molecular formula is C21H24N4S. The molecule has 0 unspecified atom stereocenters. The first-order chi connectivity index (χ1) is 12.9. The van der Waals surface area contributed by atoms with E-state index < -0.39 is 0 Å². The Morgan fingerprint density at radius 1 is 0.962 bits per heavy atom. The zero-order valence-corrected chi connectivity index (χ0v) is 15.7. The molecule has 0 N–H and O–H groups in total. The standard InChI is InChI=1S/C21H24N4S/c1-10-22-25(11-1)20-4-2-18(3-5-20)23-12-6-19(7-13-23)24-14-8-21-17(16-24)9-15-26-21/h1-5,9-11,15,19H,6-8,12-14,16H2. The van der Waals surface area contributed by atoms with Gasteiger partial charge in [-0.05, 0) is 66.6 Å². The molecule has 4 heterocycles. The second-order valence-corrected chi connectivity index (χ2v) is 8.28. The van der Waals surface area contributed by atoms with E-state index in [2.05, 4.69) is 50.6 Å². The van der Waals surface area contributed by atoms with Crippen LogP contribution in [0.2, 0.25) is 0 Å². The van der Waals surface area contributed by atoms with Crippen LogP contribution in [0.1, 0.15) is 23.3 Å². The second-order valence-electron chi connectivity index (χ2n) is 7.27. The molecule has 4 nitrogen and oxygen atoms in total. The van der Waals surface area contributed by atoms with Crippen molar-refractivity contribution in [3.63, 3.8) is 0 Å². The smallest absolute Gasteiger partial charge is 0.0647 e. The van der Waals surface area contributed by atoms with Gasteiger partial charge >= 0.3 is 0 Å². The molecule has 5 heteroatoms. The molecule has 5 rings (SSSR count). The zero-order chi connectivity index (χ0) is 17.3. The van der Waals surface area contributed by atoms with E-state index in [0.717, 1.165) is 31.4 Å². The molecule has 1 fully saturated rings. The normalized spacial score (nSPS) is 18.8. The van der Waals surface area contributed by atoms with Crippen LogP contribution in [0.3, 0.4) is 0 Å². The highest BCUT2D eigenvalue weighted by atomic mass is 32.1. The molecule has 0 aliphatic carbocycles. The van der Waals surface area contributed by atoms with Gasteiger partial charge in [-0.1, -0.05) is 0 Å². The maximum atomic E-state index is 4.30. The number of benzene rings is 1. The number of anilines is 1. The summed E-state index contributed by atoms with van der Waals surface area (Å²) in [6.07, 6.45) is 7.57. The van der Waals surface area contributed by atoms with Gasteiger partial charge in [-0.15, -0.1) is 11.3 Å². The van der Waals surface area contributed by atoms with Crippen molar-refractivity contribution >= 4 is 17.0 Å². The van der Waals surface area contributed by atoms with Gasteiger partial charge in [0.05, 0.1) is 5.69 Å².